The van der Waals surface area contributed by atoms with E-state index >= 15 is 0 Å². The lowest BCUT2D eigenvalue weighted by Gasteiger charge is -2.02. The second-order valence-corrected chi connectivity index (χ2v) is 3.42. The molecule has 1 aromatic rings. The van der Waals surface area contributed by atoms with Crippen LogP contribution in [-0.2, 0) is 6.54 Å². The number of benzene rings is 1. The molecule has 0 aliphatic heterocycles. The number of hydrogen-bond acceptors (Lipinski definition) is 3. The van der Waals surface area contributed by atoms with E-state index in [1.807, 2.05) is 7.05 Å². The molecule has 4 nitrogen and oxygen atoms in total. The van der Waals surface area contributed by atoms with E-state index in [9.17, 15) is 10.1 Å². The van der Waals surface area contributed by atoms with Crippen molar-refractivity contribution in [3.8, 4) is 0 Å². The highest BCUT2D eigenvalue weighted by Crippen LogP contribution is 2.22. The number of nitrogens with one attached hydrogen (secondary N) is 1. The monoisotopic (exact) mass is 244 g/mol. The number of non-ortho nitro benzene ring substituents is 1. The van der Waals surface area contributed by atoms with Gasteiger partial charge in [-0.1, -0.05) is 15.9 Å². The fraction of sp³-hybridized carbons (Fsp3) is 0.250. The molecule has 0 heterocycles. The summed E-state index contributed by atoms with van der Waals surface area (Å²) in [6.07, 6.45) is 0. The van der Waals surface area contributed by atoms with Crippen LogP contribution in [0.3, 0.4) is 0 Å². The lowest BCUT2D eigenvalue weighted by atomic mass is 10.2. The van der Waals surface area contributed by atoms with Gasteiger partial charge >= 0.3 is 0 Å². The molecule has 0 saturated heterocycles. The number of hydrogen-bond donors (Lipinski definition) is 1. The molecule has 0 bridgehead atoms. The summed E-state index contributed by atoms with van der Waals surface area (Å²) >= 11 is 3.27. The first-order chi connectivity index (χ1) is 6.15. The number of halogens is 1. The number of rotatable bonds is 3. The summed E-state index contributed by atoms with van der Waals surface area (Å²) in [5.74, 6) is 0. The number of nitro benzene ring substituents is 1. The van der Waals surface area contributed by atoms with Crippen LogP contribution in [0.2, 0.25) is 0 Å². The van der Waals surface area contributed by atoms with Gasteiger partial charge in [0.25, 0.3) is 5.69 Å². The Hall–Kier alpha value is -0.940. The van der Waals surface area contributed by atoms with Gasteiger partial charge in [0.1, 0.15) is 0 Å². The zero-order valence-corrected chi connectivity index (χ0v) is 8.67. The third-order valence-corrected chi connectivity index (χ3v) is 2.35. The van der Waals surface area contributed by atoms with Crippen LogP contribution in [0.1, 0.15) is 5.56 Å². The largest absolute Gasteiger partial charge is 0.316 e. The fourth-order valence-electron chi connectivity index (χ4n) is 0.984. The Morgan fingerprint density at radius 2 is 2.31 bits per heavy atom. The standard InChI is InChI=1S/C8H9BrN2O2/c1-10-5-6-2-3-7(11(12)13)4-8(6)9/h2-4,10H,5H2,1H3. The van der Waals surface area contributed by atoms with Crippen LogP contribution in [0.5, 0.6) is 0 Å². The smallest absolute Gasteiger partial charge is 0.270 e. The van der Waals surface area contributed by atoms with Crippen molar-refractivity contribution >= 4 is 21.6 Å². The molecule has 1 rings (SSSR count). The second-order valence-electron chi connectivity index (χ2n) is 2.56. The van der Waals surface area contributed by atoms with Crippen molar-refractivity contribution in [2.24, 2.45) is 0 Å². The quantitative estimate of drug-likeness (QED) is 0.655. The lowest BCUT2D eigenvalue weighted by molar-refractivity contribution is -0.384. The van der Waals surface area contributed by atoms with Crippen molar-refractivity contribution in [3.05, 3.63) is 38.3 Å². The van der Waals surface area contributed by atoms with E-state index in [0.29, 0.717) is 6.54 Å². The Morgan fingerprint density at radius 1 is 1.62 bits per heavy atom. The van der Waals surface area contributed by atoms with Gasteiger partial charge in [-0.05, 0) is 18.7 Å². The summed E-state index contributed by atoms with van der Waals surface area (Å²) in [5, 5.41) is 13.4. The molecule has 70 valence electrons. The van der Waals surface area contributed by atoms with Gasteiger partial charge in [0, 0.05) is 23.2 Å². The number of nitrogens with zero attached hydrogens (tertiary/aromatic N) is 1. The first-order valence-corrected chi connectivity index (χ1v) is 4.52. The maximum absolute atomic E-state index is 10.4. The molecule has 1 aromatic carbocycles. The Labute approximate surface area is 84.2 Å². The third-order valence-electron chi connectivity index (χ3n) is 1.61. The first-order valence-electron chi connectivity index (χ1n) is 3.72. The summed E-state index contributed by atoms with van der Waals surface area (Å²) < 4.78 is 0.760. The minimum Gasteiger partial charge on any atom is -0.316 e. The molecule has 0 aliphatic carbocycles. The van der Waals surface area contributed by atoms with Crippen molar-refractivity contribution in [2.45, 2.75) is 6.54 Å². The molecular formula is C8H9BrN2O2. The molecule has 0 radical (unpaired) electrons. The van der Waals surface area contributed by atoms with Crippen molar-refractivity contribution < 1.29 is 4.92 Å². The zero-order valence-electron chi connectivity index (χ0n) is 7.08. The Bertz CT molecular complexity index is 328. The van der Waals surface area contributed by atoms with E-state index in [0.717, 1.165) is 10.0 Å². The molecule has 5 heteroatoms. The molecular weight excluding hydrogens is 236 g/mol. The van der Waals surface area contributed by atoms with Crippen molar-refractivity contribution in [1.82, 2.24) is 5.32 Å². The lowest BCUT2D eigenvalue weighted by Crippen LogP contribution is -2.05. The summed E-state index contributed by atoms with van der Waals surface area (Å²) in [4.78, 5) is 9.98. The van der Waals surface area contributed by atoms with Crippen molar-refractivity contribution in [3.63, 3.8) is 0 Å². The molecule has 0 unspecified atom stereocenters. The molecule has 0 spiro atoms. The molecule has 0 amide bonds. The normalized spacial score (nSPS) is 10.0. The van der Waals surface area contributed by atoms with E-state index in [4.69, 9.17) is 0 Å². The van der Waals surface area contributed by atoms with Gasteiger partial charge in [0.15, 0.2) is 0 Å². The first kappa shape index (κ1) is 10.1. The summed E-state index contributed by atoms with van der Waals surface area (Å²) in [5.41, 5.74) is 1.11. The molecule has 0 aliphatic rings. The van der Waals surface area contributed by atoms with Gasteiger partial charge in [0.2, 0.25) is 0 Å². The topological polar surface area (TPSA) is 55.2 Å². The maximum Gasteiger partial charge on any atom is 0.270 e. The van der Waals surface area contributed by atoms with Crippen LogP contribution in [0.4, 0.5) is 5.69 Å². The highest BCUT2D eigenvalue weighted by molar-refractivity contribution is 9.10. The van der Waals surface area contributed by atoms with Gasteiger partial charge in [-0.25, -0.2) is 0 Å². The molecule has 1 N–H and O–H groups in total. The number of nitro groups is 1. The van der Waals surface area contributed by atoms with E-state index in [1.165, 1.54) is 12.1 Å². The van der Waals surface area contributed by atoms with Crippen LogP contribution >= 0.6 is 15.9 Å². The second kappa shape index (κ2) is 4.34. The van der Waals surface area contributed by atoms with Crippen LogP contribution < -0.4 is 5.32 Å². The van der Waals surface area contributed by atoms with Crippen LogP contribution in [0, 0.1) is 10.1 Å². The van der Waals surface area contributed by atoms with Crippen molar-refractivity contribution in [2.75, 3.05) is 7.05 Å². The van der Waals surface area contributed by atoms with Gasteiger partial charge in [0.05, 0.1) is 4.92 Å². The minimum atomic E-state index is -0.409. The van der Waals surface area contributed by atoms with Crippen LogP contribution in [0.25, 0.3) is 0 Å². The minimum absolute atomic E-state index is 0.103. The van der Waals surface area contributed by atoms with Gasteiger partial charge in [-0.3, -0.25) is 10.1 Å². The van der Waals surface area contributed by atoms with Gasteiger partial charge in [-0.15, -0.1) is 0 Å². The summed E-state index contributed by atoms with van der Waals surface area (Å²) in [7, 11) is 1.83. The van der Waals surface area contributed by atoms with Crippen LogP contribution in [0.15, 0.2) is 22.7 Å². The Kier molecular flexibility index (Phi) is 3.39. The summed E-state index contributed by atoms with van der Waals surface area (Å²) in [6.45, 7) is 0.693. The van der Waals surface area contributed by atoms with Gasteiger partial charge in [-0.2, -0.15) is 0 Å². The van der Waals surface area contributed by atoms with Crippen LogP contribution in [-0.4, -0.2) is 12.0 Å². The molecule has 0 saturated carbocycles. The molecule has 0 fully saturated rings. The third kappa shape index (κ3) is 2.50. The van der Waals surface area contributed by atoms with E-state index in [-0.39, 0.29) is 5.69 Å². The Balaban J connectivity index is 2.98. The van der Waals surface area contributed by atoms with E-state index in [1.54, 1.807) is 6.07 Å². The van der Waals surface area contributed by atoms with Gasteiger partial charge < -0.3 is 5.32 Å². The molecule has 0 atom stereocenters. The highest BCUT2D eigenvalue weighted by Gasteiger charge is 2.07. The molecule has 0 aromatic heterocycles. The van der Waals surface area contributed by atoms with Crippen molar-refractivity contribution in [1.29, 1.82) is 0 Å². The van der Waals surface area contributed by atoms with E-state index < -0.39 is 4.92 Å². The maximum atomic E-state index is 10.4. The Morgan fingerprint density at radius 3 is 2.77 bits per heavy atom. The average Bonchev–Trinajstić information content (AvgIpc) is 2.08. The SMILES string of the molecule is CNCc1ccc([N+](=O)[O-])cc1Br. The molecule has 13 heavy (non-hydrogen) atoms. The predicted molar refractivity (Wildman–Crippen MR) is 53.6 cm³/mol. The predicted octanol–water partition coefficient (Wildman–Crippen LogP) is 2.08. The van der Waals surface area contributed by atoms with E-state index in [2.05, 4.69) is 21.2 Å². The fourth-order valence-corrected chi connectivity index (χ4v) is 1.49. The average molecular weight is 245 g/mol. The highest BCUT2D eigenvalue weighted by atomic mass is 79.9. The summed E-state index contributed by atoms with van der Waals surface area (Å²) in [6, 6.07) is 4.74. The zero-order chi connectivity index (χ0) is 9.84.